The van der Waals surface area contributed by atoms with Crippen molar-refractivity contribution in [1.29, 1.82) is 0 Å². The number of benzene rings is 2. The summed E-state index contributed by atoms with van der Waals surface area (Å²) in [7, 11) is 0. The zero-order valence-corrected chi connectivity index (χ0v) is 17.2. The molecule has 1 aliphatic carbocycles. The number of aryl methyl sites for hydroxylation is 1. The molecule has 152 valence electrons. The van der Waals surface area contributed by atoms with Crippen molar-refractivity contribution in [2.45, 2.75) is 45.4 Å². The van der Waals surface area contributed by atoms with E-state index in [4.69, 9.17) is 5.73 Å². The molecule has 2 aromatic carbocycles. The summed E-state index contributed by atoms with van der Waals surface area (Å²) in [5, 5.41) is 0. The second kappa shape index (κ2) is 8.02. The Morgan fingerprint density at radius 3 is 2.28 bits per heavy atom. The Morgan fingerprint density at radius 1 is 1.03 bits per heavy atom. The molecule has 0 unspecified atom stereocenters. The molecule has 2 amide bonds. The van der Waals surface area contributed by atoms with Crippen molar-refractivity contribution in [1.82, 2.24) is 4.90 Å². The number of rotatable bonds is 5. The minimum absolute atomic E-state index is 0.213. The molecule has 2 fully saturated rings. The van der Waals surface area contributed by atoms with Gasteiger partial charge in [0.25, 0.3) is 0 Å². The molecule has 0 bridgehead atoms. The molecular weight excluding hydrogens is 360 g/mol. The van der Waals surface area contributed by atoms with E-state index in [9.17, 15) is 9.59 Å². The number of nitrogens with two attached hydrogens (primary N) is 1. The van der Waals surface area contributed by atoms with Crippen LogP contribution < -0.4 is 5.73 Å². The van der Waals surface area contributed by atoms with E-state index in [1.165, 1.54) is 16.7 Å². The molecule has 4 heteroatoms. The maximum absolute atomic E-state index is 12.5. The van der Waals surface area contributed by atoms with Gasteiger partial charge < -0.3 is 10.6 Å². The fraction of sp³-hybridized carbons (Fsp3) is 0.440. The highest BCUT2D eigenvalue weighted by atomic mass is 16.2. The Morgan fingerprint density at radius 2 is 1.72 bits per heavy atom. The van der Waals surface area contributed by atoms with Crippen LogP contribution in [0.5, 0.6) is 0 Å². The van der Waals surface area contributed by atoms with Gasteiger partial charge in [-0.1, -0.05) is 60.5 Å². The number of amides is 2. The molecular formula is C25H30N2O2. The van der Waals surface area contributed by atoms with Gasteiger partial charge in [-0.15, -0.1) is 0 Å². The van der Waals surface area contributed by atoms with Gasteiger partial charge in [0.2, 0.25) is 11.8 Å². The minimum Gasteiger partial charge on any atom is -0.369 e. The van der Waals surface area contributed by atoms with Crippen molar-refractivity contribution in [3.8, 4) is 11.1 Å². The van der Waals surface area contributed by atoms with Crippen molar-refractivity contribution in [2.75, 3.05) is 13.1 Å². The molecule has 2 aromatic rings. The predicted octanol–water partition coefficient (Wildman–Crippen LogP) is 4.10. The summed E-state index contributed by atoms with van der Waals surface area (Å²) in [4.78, 5) is 26.9. The van der Waals surface area contributed by atoms with E-state index >= 15 is 0 Å². The summed E-state index contributed by atoms with van der Waals surface area (Å²) in [6.07, 6.45) is 5.14. The third kappa shape index (κ3) is 4.07. The van der Waals surface area contributed by atoms with Crippen LogP contribution >= 0.6 is 0 Å². The Balaban J connectivity index is 1.45. The van der Waals surface area contributed by atoms with Gasteiger partial charge >= 0.3 is 0 Å². The van der Waals surface area contributed by atoms with Crippen LogP contribution in [0.2, 0.25) is 0 Å². The van der Waals surface area contributed by atoms with E-state index < -0.39 is 5.41 Å². The van der Waals surface area contributed by atoms with Crippen molar-refractivity contribution in [3.05, 3.63) is 59.7 Å². The molecule has 1 heterocycles. The van der Waals surface area contributed by atoms with Crippen LogP contribution in [0.3, 0.4) is 0 Å². The first-order valence-corrected chi connectivity index (χ1v) is 10.7. The van der Waals surface area contributed by atoms with Crippen LogP contribution in [-0.2, 0) is 16.0 Å². The zero-order chi connectivity index (χ0) is 20.4. The number of hydrogen-bond acceptors (Lipinski definition) is 2. The van der Waals surface area contributed by atoms with Crippen molar-refractivity contribution in [2.24, 2.45) is 17.1 Å². The molecule has 4 rings (SSSR count). The lowest BCUT2D eigenvalue weighted by molar-refractivity contribution is -0.144. The van der Waals surface area contributed by atoms with E-state index in [-0.39, 0.29) is 17.7 Å². The van der Waals surface area contributed by atoms with Crippen LogP contribution in [0, 0.1) is 18.3 Å². The van der Waals surface area contributed by atoms with Gasteiger partial charge in [-0.25, -0.2) is 0 Å². The number of carbonyl (C=O) groups excluding carboxylic acids is 2. The third-order valence-corrected chi connectivity index (χ3v) is 6.86. The second-order valence-corrected chi connectivity index (χ2v) is 8.84. The summed E-state index contributed by atoms with van der Waals surface area (Å²) in [5.41, 5.74) is 10.0. The molecule has 2 aliphatic rings. The average molecular weight is 391 g/mol. The van der Waals surface area contributed by atoms with Gasteiger partial charge in [0.05, 0.1) is 5.41 Å². The van der Waals surface area contributed by atoms with Gasteiger partial charge in [0.1, 0.15) is 0 Å². The quantitative estimate of drug-likeness (QED) is 0.835. The zero-order valence-electron chi connectivity index (χ0n) is 17.2. The van der Waals surface area contributed by atoms with Crippen LogP contribution in [0.4, 0.5) is 0 Å². The standard InChI is InChI=1S/C25H30N2O2/c1-18-4-2-7-22(16-18)20-10-8-19(9-11-20)17-25(24(26)29)12-14-27(15-13-25)23(28)21-5-3-6-21/h2,4,7-11,16,21H,3,5-6,12-15,17H2,1H3,(H2,26,29). The molecule has 29 heavy (non-hydrogen) atoms. The van der Waals surface area contributed by atoms with Crippen molar-refractivity contribution >= 4 is 11.8 Å². The first-order valence-electron chi connectivity index (χ1n) is 10.7. The van der Waals surface area contributed by atoms with E-state index in [1.54, 1.807) is 0 Å². The van der Waals surface area contributed by atoms with Gasteiger partial charge in [-0.3, -0.25) is 9.59 Å². The van der Waals surface area contributed by atoms with E-state index in [2.05, 4.69) is 55.5 Å². The lowest BCUT2D eigenvalue weighted by Gasteiger charge is -2.42. The van der Waals surface area contributed by atoms with Gasteiger partial charge in [-0.05, 0) is 55.7 Å². The summed E-state index contributed by atoms with van der Waals surface area (Å²) in [6.45, 7) is 3.37. The number of piperidine rings is 1. The summed E-state index contributed by atoms with van der Waals surface area (Å²) >= 11 is 0. The summed E-state index contributed by atoms with van der Waals surface area (Å²) in [5.74, 6) is 0.248. The van der Waals surface area contributed by atoms with Crippen LogP contribution in [0.1, 0.15) is 43.2 Å². The summed E-state index contributed by atoms with van der Waals surface area (Å²) in [6, 6.07) is 16.9. The summed E-state index contributed by atoms with van der Waals surface area (Å²) < 4.78 is 0. The first-order chi connectivity index (χ1) is 14.0. The van der Waals surface area contributed by atoms with Crippen LogP contribution in [0.25, 0.3) is 11.1 Å². The number of nitrogens with zero attached hydrogens (tertiary/aromatic N) is 1. The highest BCUT2D eigenvalue weighted by Gasteiger charge is 2.42. The van der Waals surface area contributed by atoms with Crippen LogP contribution in [-0.4, -0.2) is 29.8 Å². The molecule has 4 nitrogen and oxygen atoms in total. The molecule has 1 aliphatic heterocycles. The van der Waals surface area contributed by atoms with Gasteiger partial charge in [0, 0.05) is 19.0 Å². The molecule has 1 saturated heterocycles. The molecule has 0 spiro atoms. The Kier molecular flexibility index (Phi) is 5.44. The SMILES string of the molecule is Cc1cccc(-c2ccc(CC3(C(N)=O)CCN(C(=O)C4CCC4)CC3)cc2)c1. The first kappa shape index (κ1) is 19.7. The van der Waals surface area contributed by atoms with E-state index in [0.717, 1.165) is 24.8 Å². The average Bonchev–Trinajstić information content (AvgIpc) is 2.67. The maximum atomic E-state index is 12.5. The van der Waals surface area contributed by atoms with E-state index in [0.29, 0.717) is 32.4 Å². The fourth-order valence-corrected chi connectivity index (χ4v) is 4.61. The topological polar surface area (TPSA) is 63.4 Å². The monoisotopic (exact) mass is 390 g/mol. The minimum atomic E-state index is -0.554. The smallest absolute Gasteiger partial charge is 0.225 e. The highest BCUT2D eigenvalue weighted by molar-refractivity contribution is 5.83. The molecule has 0 aromatic heterocycles. The second-order valence-electron chi connectivity index (χ2n) is 8.84. The number of primary amides is 1. The predicted molar refractivity (Wildman–Crippen MR) is 115 cm³/mol. The lowest BCUT2D eigenvalue weighted by atomic mass is 9.72. The fourth-order valence-electron chi connectivity index (χ4n) is 4.61. The maximum Gasteiger partial charge on any atom is 0.225 e. The molecule has 0 radical (unpaired) electrons. The Labute approximate surface area is 173 Å². The number of likely N-dealkylation sites (tertiary alicyclic amines) is 1. The molecule has 1 saturated carbocycles. The Bertz CT molecular complexity index is 891. The highest BCUT2D eigenvalue weighted by Crippen LogP contribution is 2.37. The lowest BCUT2D eigenvalue weighted by Crippen LogP contribution is -2.51. The molecule has 0 atom stereocenters. The number of hydrogen-bond donors (Lipinski definition) is 1. The third-order valence-electron chi connectivity index (χ3n) is 6.86. The Hall–Kier alpha value is -2.62. The normalized spacial score (nSPS) is 18.9. The van der Waals surface area contributed by atoms with Gasteiger partial charge in [-0.2, -0.15) is 0 Å². The van der Waals surface area contributed by atoms with E-state index in [1.807, 2.05) is 4.90 Å². The number of carbonyl (C=O) groups is 2. The molecule has 2 N–H and O–H groups in total. The largest absolute Gasteiger partial charge is 0.369 e. The van der Waals surface area contributed by atoms with Crippen molar-refractivity contribution in [3.63, 3.8) is 0 Å². The van der Waals surface area contributed by atoms with Crippen LogP contribution in [0.15, 0.2) is 48.5 Å². The van der Waals surface area contributed by atoms with Crippen molar-refractivity contribution < 1.29 is 9.59 Å². The van der Waals surface area contributed by atoms with Gasteiger partial charge in [0.15, 0.2) is 0 Å².